The zero-order valence-corrected chi connectivity index (χ0v) is 29.3. The minimum Gasteiger partial charge on any atom is -0.456 e. The predicted octanol–water partition coefficient (Wildman–Crippen LogP) is 13.6. The standard InChI is InChI=1S/C51H33NO2/c1-2-13-32(14-3-1)33-25-27-34(28-26-33)52(35-29-30-47-41(31-35)38-17-6-10-23-45(38)53-47)44-22-12-19-40-48(44)51(49-39-18-7-11-24-46(39)54-50(40)49)42-20-8-4-15-36(42)37-16-5-9-21-43(37)51/h1-31,36,42H. The largest absolute Gasteiger partial charge is 0.456 e. The number of hydrogen-bond donors (Lipinski definition) is 0. The van der Waals surface area contributed by atoms with Gasteiger partial charge in [0.1, 0.15) is 22.5 Å². The fourth-order valence-electron chi connectivity index (χ4n) is 10.0. The number of benzene rings is 7. The Bertz CT molecular complexity index is 3020. The minimum atomic E-state index is -0.495. The summed E-state index contributed by atoms with van der Waals surface area (Å²) in [4.78, 5) is 2.46. The summed E-state index contributed by atoms with van der Waals surface area (Å²) in [6.45, 7) is 0. The van der Waals surface area contributed by atoms with Crippen LogP contribution in [0.3, 0.4) is 0 Å². The molecule has 3 unspecified atom stereocenters. The predicted molar refractivity (Wildman–Crippen MR) is 220 cm³/mol. The smallest absolute Gasteiger partial charge is 0.140 e. The Kier molecular flexibility index (Phi) is 6.10. The van der Waals surface area contributed by atoms with Gasteiger partial charge in [0, 0.05) is 56.1 Å². The minimum absolute atomic E-state index is 0.157. The van der Waals surface area contributed by atoms with Crippen LogP contribution in [0.5, 0.6) is 0 Å². The average molecular weight is 692 g/mol. The Morgan fingerprint density at radius 1 is 0.481 bits per heavy atom. The monoisotopic (exact) mass is 691 g/mol. The van der Waals surface area contributed by atoms with Crippen LogP contribution < -0.4 is 4.90 Å². The van der Waals surface area contributed by atoms with Gasteiger partial charge in [0.15, 0.2) is 0 Å². The van der Waals surface area contributed by atoms with Crippen molar-refractivity contribution in [2.75, 3.05) is 4.90 Å². The second kappa shape index (κ2) is 11.1. The van der Waals surface area contributed by atoms with Crippen LogP contribution in [0.1, 0.15) is 28.2 Å². The number of para-hydroxylation sites is 2. The van der Waals surface area contributed by atoms with Gasteiger partial charge in [0.05, 0.1) is 11.1 Å². The Morgan fingerprint density at radius 2 is 1.17 bits per heavy atom. The van der Waals surface area contributed by atoms with Gasteiger partial charge in [-0.05, 0) is 70.8 Å². The molecule has 0 fully saturated rings. The zero-order chi connectivity index (χ0) is 35.4. The van der Waals surface area contributed by atoms with E-state index in [0.29, 0.717) is 0 Å². The van der Waals surface area contributed by atoms with Crippen LogP contribution in [0.2, 0.25) is 0 Å². The van der Waals surface area contributed by atoms with E-state index in [-0.39, 0.29) is 11.8 Å². The molecule has 9 aromatic rings. The van der Waals surface area contributed by atoms with Gasteiger partial charge >= 0.3 is 0 Å². The first kappa shape index (κ1) is 29.7. The molecule has 3 atom stereocenters. The van der Waals surface area contributed by atoms with Crippen LogP contribution in [-0.4, -0.2) is 0 Å². The number of anilines is 3. The second-order valence-electron chi connectivity index (χ2n) is 14.7. The first-order valence-electron chi connectivity index (χ1n) is 18.8. The molecule has 2 aromatic heterocycles. The maximum absolute atomic E-state index is 6.95. The van der Waals surface area contributed by atoms with Crippen molar-refractivity contribution in [2.24, 2.45) is 5.92 Å². The molecule has 2 heterocycles. The van der Waals surface area contributed by atoms with Crippen molar-refractivity contribution in [2.45, 2.75) is 11.3 Å². The summed E-state index contributed by atoms with van der Waals surface area (Å²) in [5.74, 6) is 1.37. The lowest BCUT2D eigenvalue weighted by atomic mass is 9.64. The van der Waals surface area contributed by atoms with Crippen LogP contribution in [-0.2, 0) is 5.41 Å². The molecular formula is C51H33NO2. The molecule has 3 aliphatic rings. The first-order chi connectivity index (χ1) is 26.8. The molecule has 254 valence electrons. The van der Waals surface area contributed by atoms with E-state index in [1.807, 2.05) is 12.1 Å². The van der Waals surface area contributed by atoms with Crippen LogP contribution in [0.15, 0.2) is 197 Å². The number of rotatable bonds is 4. The highest BCUT2D eigenvalue weighted by molar-refractivity contribution is 6.07. The summed E-state index contributed by atoms with van der Waals surface area (Å²) in [6.07, 6.45) is 9.32. The van der Waals surface area contributed by atoms with E-state index >= 15 is 0 Å². The lowest BCUT2D eigenvalue weighted by Crippen LogP contribution is -2.34. The summed E-state index contributed by atoms with van der Waals surface area (Å²) >= 11 is 0. The third-order valence-corrected chi connectivity index (χ3v) is 12.1. The van der Waals surface area contributed by atoms with E-state index in [4.69, 9.17) is 8.83 Å². The molecule has 0 saturated heterocycles. The van der Waals surface area contributed by atoms with Crippen molar-refractivity contribution in [3.05, 3.63) is 210 Å². The molecule has 0 bridgehead atoms. The van der Waals surface area contributed by atoms with Gasteiger partial charge in [0.2, 0.25) is 0 Å². The molecule has 1 spiro atoms. The normalized spacial score (nSPS) is 19.0. The molecule has 3 heteroatoms. The van der Waals surface area contributed by atoms with Gasteiger partial charge < -0.3 is 13.7 Å². The molecule has 3 nitrogen and oxygen atoms in total. The molecule has 0 N–H and O–H groups in total. The molecule has 12 rings (SSSR count). The molecular weight excluding hydrogens is 659 g/mol. The number of hydrogen-bond acceptors (Lipinski definition) is 3. The molecule has 54 heavy (non-hydrogen) atoms. The van der Waals surface area contributed by atoms with Crippen molar-refractivity contribution >= 4 is 50.0 Å². The van der Waals surface area contributed by atoms with Gasteiger partial charge in [-0.3, -0.25) is 0 Å². The van der Waals surface area contributed by atoms with Gasteiger partial charge in [-0.15, -0.1) is 0 Å². The van der Waals surface area contributed by atoms with Gasteiger partial charge in [-0.25, -0.2) is 0 Å². The van der Waals surface area contributed by atoms with Crippen LogP contribution in [0.4, 0.5) is 17.1 Å². The van der Waals surface area contributed by atoms with E-state index in [9.17, 15) is 0 Å². The molecule has 0 saturated carbocycles. The van der Waals surface area contributed by atoms with Crippen molar-refractivity contribution in [1.82, 2.24) is 0 Å². The summed E-state index contributed by atoms with van der Waals surface area (Å²) in [6, 6.07) is 59.1. The highest BCUT2D eigenvalue weighted by atomic mass is 16.3. The van der Waals surface area contributed by atoms with Crippen molar-refractivity contribution in [1.29, 1.82) is 0 Å². The lowest BCUT2D eigenvalue weighted by Gasteiger charge is -2.39. The number of nitrogens with zero attached hydrogens (tertiary/aromatic N) is 1. The third-order valence-electron chi connectivity index (χ3n) is 12.1. The quantitative estimate of drug-likeness (QED) is 0.184. The Labute approximate surface area is 312 Å². The van der Waals surface area contributed by atoms with Crippen molar-refractivity contribution < 1.29 is 8.83 Å². The fourth-order valence-corrected chi connectivity index (χ4v) is 10.0. The molecule has 0 amide bonds. The van der Waals surface area contributed by atoms with Gasteiger partial charge in [-0.1, -0.05) is 140 Å². The Morgan fingerprint density at radius 3 is 2.04 bits per heavy atom. The summed E-state index contributed by atoms with van der Waals surface area (Å²) in [5, 5.41) is 3.39. The molecule has 0 aliphatic heterocycles. The Balaban J connectivity index is 1.18. The maximum Gasteiger partial charge on any atom is 0.140 e. The van der Waals surface area contributed by atoms with E-state index in [2.05, 4.69) is 181 Å². The van der Waals surface area contributed by atoms with Crippen LogP contribution >= 0.6 is 0 Å². The van der Waals surface area contributed by atoms with E-state index in [1.165, 1.54) is 38.8 Å². The van der Waals surface area contributed by atoms with Crippen LogP contribution in [0.25, 0.3) is 55.4 Å². The number of fused-ring (bicyclic) bond motifs is 15. The van der Waals surface area contributed by atoms with Gasteiger partial charge in [0.25, 0.3) is 0 Å². The molecule has 3 aliphatic carbocycles. The zero-order valence-electron chi connectivity index (χ0n) is 29.3. The molecule has 0 radical (unpaired) electrons. The molecule has 7 aromatic carbocycles. The third kappa shape index (κ3) is 3.91. The van der Waals surface area contributed by atoms with Crippen molar-refractivity contribution in [3.8, 4) is 22.5 Å². The highest BCUT2D eigenvalue weighted by Crippen LogP contribution is 2.69. The SMILES string of the molecule is C1=CC2c3ccccc3C3(c4c(cccc4N(c4ccc(-c5ccccc5)cc4)c4ccc5oc6ccccc6c5c4)-c4oc5ccccc5c43)C2C=C1. The lowest BCUT2D eigenvalue weighted by molar-refractivity contribution is 0.467. The summed E-state index contributed by atoms with van der Waals surface area (Å²) < 4.78 is 13.3. The first-order valence-corrected chi connectivity index (χ1v) is 18.8. The maximum atomic E-state index is 6.95. The van der Waals surface area contributed by atoms with Gasteiger partial charge in [-0.2, -0.15) is 0 Å². The highest BCUT2D eigenvalue weighted by Gasteiger charge is 2.60. The van der Waals surface area contributed by atoms with Crippen molar-refractivity contribution in [3.63, 3.8) is 0 Å². The van der Waals surface area contributed by atoms with E-state index in [0.717, 1.165) is 55.9 Å². The number of furan rings is 2. The fraction of sp³-hybridized carbons (Fsp3) is 0.0588. The average Bonchev–Trinajstić information content (AvgIpc) is 3.97. The summed E-state index contributed by atoms with van der Waals surface area (Å²) in [5.41, 5.74) is 14.3. The van der Waals surface area contributed by atoms with E-state index in [1.54, 1.807) is 0 Å². The number of allylic oxidation sites excluding steroid dienone is 4. The summed E-state index contributed by atoms with van der Waals surface area (Å²) in [7, 11) is 0. The Hall–Kier alpha value is -6.84. The van der Waals surface area contributed by atoms with E-state index < -0.39 is 5.41 Å². The second-order valence-corrected chi connectivity index (χ2v) is 14.7. The topological polar surface area (TPSA) is 29.5 Å². The van der Waals surface area contributed by atoms with Crippen LogP contribution in [0, 0.1) is 5.92 Å².